The molecule has 142 valence electrons. The van der Waals surface area contributed by atoms with Gasteiger partial charge in [-0.1, -0.05) is 41.4 Å². The van der Waals surface area contributed by atoms with E-state index in [2.05, 4.69) is 5.32 Å². The van der Waals surface area contributed by atoms with Crippen LogP contribution >= 0.6 is 23.2 Å². The van der Waals surface area contributed by atoms with Gasteiger partial charge < -0.3 is 19.5 Å². The van der Waals surface area contributed by atoms with Gasteiger partial charge in [-0.05, 0) is 38.1 Å². The van der Waals surface area contributed by atoms with Gasteiger partial charge in [0.25, 0.3) is 0 Å². The summed E-state index contributed by atoms with van der Waals surface area (Å²) in [5.74, 6) is 1.38. The maximum Gasteiger partial charge on any atom is 0.166 e. The summed E-state index contributed by atoms with van der Waals surface area (Å²) in [5.41, 5.74) is 1.78. The molecule has 0 aliphatic rings. The SMILES string of the molecule is CCOCCCNCc1cccc(OC)c1OCc1c(Cl)cccc1Cl. The number of para-hydroxylation sites is 1. The molecule has 6 heteroatoms. The molecule has 0 amide bonds. The molecule has 0 aromatic heterocycles. The highest BCUT2D eigenvalue weighted by molar-refractivity contribution is 6.35. The lowest BCUT2D eigenvalue weighted by Gasteiger charge is -2.16. The Labute approximate surface area is 165 Å². The molecule has 0 aliphatic heterocycles. The highest BCUT2D eigenvalue weighted by Gasteiger charge is 2.13. The van der Waals surface area contributed by atoms with Crippen LogP contribution in [-0.2, 0) is 17.9 Å². The number of hydrogen-bond acceptors (Lipinski definition) is 4. The maximum absolute atomic E-state index is 6.23. The zero-order valence-corrected chi connectivity index (χ0v) is 16.7. The van der Waals surface area contributed by atoms with E-state index in [1.165, 1.54) is 0 Å². The quantitative estimate of drug-likeness (QED) is 0.535. The van der Waals surface area contributed by atoms with E-state index < -0.39 is 0 Å². The first-order valence-electron chi connectivity index (χ1n) is 8.67. The third-order valence-electron chi connectivity index (χ3n) is 3.86. The Kier molecular flexibility index (Phi) is 9.06. The van der Waals surface area contributed by atoms with Gasteiger partial charge in [-0.2, -0.15) is 0 Å². The van der Waals surface area contributed by atoms with E-state index in [0.717, 1.165) is 37.3 Å². The second-order valence-electron chi connectivity index (χ2n) is 5.66. The summed E-state index contributed by atoms with van der Waals surface area (Å²) in [5, 5.41) is 4.58. The smallest absolute Gasteiger partial charge is 0.166 e. The fourth-order valence-corrected chi connectivity index (χ4v) is 3.01. The van der Waals surface area contributed by atoms with E-state index in [0.29, 0.717) is 28.1 Å². The first-order valence-corrected chi connectivity index (χ1v) is 9.43. The minimum absolute atomic E-state index is 0.274. The van der Waals surface area contributed by atoms with Gasteiger partial charge in [0, 0.05) is 40.9 Å². The molecule has 0 unspecified atom stereocenters. The second-order valence-corrected chi connectivity index (χ2v) is 6.48. The van der Waals surface area contributed by atoms with Crippen LogP contribution in [0.2, 0.25) is 10.0 Å². The van der Waals surface area contributed by atoms with Crippen molar-refractivity contribution in [1.82, 2.24) is 5.32 Å². The third kappa shape index (κ3) is 6.06. The van der Waals surface area contributed by atoms with E-state index in [-0.39, 0.29) is 6.61 Å². The van der Waals surface area contributed by atoms with Crippen LogP contribution < -0.4 is 14.8 Å². The average molecular weight is 398 g/mol. The van der Waals surface area contributed by atoms with Crippen molar-refractivity contribution < 1.29 is 14.2 Å². The summed E-state index contributed by atoms with van der Waals surface area (Å²) in [7, 11) is 1.63. The van der Waals surface area contributed by atoms with Crippen LogP contribution in [0.15, 0.2) is 36.4 Å². The van der Waals surface area contributed by atoms with Crippen molar-refractivity contribution in [3.63, 3.8) is 0 Å². The molecule has 0 spiro atoms. The Morgan fingerprint density at radius 1 is 1.04 bits per heavy atom. The van der Waals surface area contributed by atoms with Crippen LogP contribution in [0.25, 0.3) is 0 Å². The Bertz CT molecular complexity index is 675. The van der Waals surface area contributed by atoms with Crippen LogP contribution in [0.3, 0.4) is 0 Å². The summed E-state index contributed by atoms with van der Waals surface area (Å²) in [4.78, 5) is 0. The van der Waals surface area contributed by atoms with Gasteiger partial charge in [0.2, 0.25) is 0 Å². The molecular formula is C20H25Cl2NO3. The summed E-state index contributed by atoms with van der Waals surface area (Å²) in [6, 6.07) is 11.3. The molecule has 1 N–H and O–H groups in total. The molecule has 4 nitrogen and oxygen atoms in total. The van der Waals surface area contributed by atoms with E-state index in [1.807, 2.05) is 31.2 Å². The number of benzene rings is 2. The van der Waals surface area contributed by atoms with Crippen molar-refractivity contribution in [2.24, 2.45) is 0 Å². The highest BCUT2D eigenvalue weighted by atomic mass is 35.5. The number of ether oxygens (including phenoxy) is 3. The summed E-state index contributed by atoms with van der Waals surface area (Å²) in [6.45, 7) is 5.32. The first kappa shape index (κ1) is 20.8. The molecule has 2 aromatic carbocycles. The summed E-state index contributed by atoms with van der Waals surface area (Å²) >= 11 is 12.5. The lowest BCUT2D eigenvalue weighted by atomic mass is 10.1. The third-order valence-corrected chi connectivity index (χ3v) is 4.57. The molecule has 0 bridgehead atoms. The molecule has 2 aromatic rings. The topological polar surface area (TPSA) is 39.7 Å². The van der Waals surface area contributed by atoms with Crippen molar-refractivity contribution in [1.29, 1.82) is 0 Å². The number of methoxy groups -OCH3 is 1. The van der Waals surface area contributed by atoms with Crippen molar-refractivity contribution in [2.45, 2.75) is 26.5 Å². The van der Waals surface area contributed by atoms with Crippen LogP contribution in [0, 0.1) is 0 Å². The molecule has 0 saturated heterocycles. The molecule has 2 rings (SSSR count). The number of nitrogens with one attached hydrogen (secondary N) is 1. The van der Waals surface area contributed by atoms with E-state index in [4.69, 9.17) is 37.4 Å². The van der Waals surface area contributed by atoms with Crippen molar-refractivity contribution in [3.8, 4) is 11.5 Å². The predicted octanol–water partition coefficient (Wildman–Crippen LogP) is 5.10. The number of halogens is 2. The minimum Gasteiger partial charge on any atom is -0.493 e. The highest BCUT2D eigenvalue weighted by Crippen LogP contribution is 2.33. The van der Waals surface area contributed by atoms with Crippen molar-refractivity contribution in [3.05, 3.63) is 57.6 Å². The van der Waals surface area contributed by atoms with Gasteiger partial charge in [0.1, 0.15) is 6.61 Å². The van der Waals surface area contributed by atoms with E-state index in [1.54, 1.807) is 19.2 Å². The maximum atomic E-state index is 6.23. The molecule has 0 radical (unpaired) electrons. The molecule has 0 saturated carbocycles. The Morgan fingerprint density at radius 3 is 2.46 bits per heavy atom. The van der Waals surface area contributed by atoms with Gasteiger partial charge in [0.05, 0.1) is 7.11 Å². The Hall–Kier alpha value is -1.46. The number of hydrogen-bond donors (Lipinski definition) is 1. The normalized spacial score (nSPS) is 10.8. The lowest BCUT2D eigenvalue weighted by molar-refractivity contribution is 0.144. The molecular weight excluding hydrogens is 373 g/mol. The standard InChI is InChI=1S/C20H25Cl2NO3/c1-3-25-12-6-11-23-13-15-7-4-10-19(24-2)20(15)26-14-16-17(21)8-5-9-18(16)22/h4-5,7-10,23H,3,6,11-14H2,1-2H3. The predicted molar refractivity (Wildman–Crippen MR) is 107 cm³/mol. The molecule has 0 fully saturated rings. The van der Waals surface area contributed by atoms with Gasteiger partial charge in [0.15, 0.2) is 11.5 Å². The fraction of sp³-hybridized carbons (Fsp3) is 0.400. The average Bonchev–Trinajstić information content (AvgIpc) is 2.64. The van der Waals surface area contributed by atoms with E-state index in [9.17, 15) is 0 Å². The van der Waals surface area contributed by atoms with Crippen LogP contribution in [-0.4, -0.2) is 26.9 Å². The van der Waals surface area contributed by atoms with Crippen LogP contribution in [0.4, 0.5) is 0 Å². The minimum atomic E-state index is 0.274. The van der Waals surface area contributed by atoms with Gasteiger partial charge >= 0.3 is 0 Å². The molecule has 0 aliphatic carbocycles. The molecule has 26 heavy (non-hydrogen) atoms. The van der Waals surface area contributed by atoms with Gasteiger partial charge in [-0.3, -0.25) is 0 Å². The summed E-state index contributed by atoms with van der Waals surface area (Å²) < 4.78 is 16.8. The monoisotopic (exact) mass is 397 g/mol. The second kappa shape index (κ2) is 11.3. The largest absolute Gasteiger partial charge is 0.493 e. The van der Waals surface area contributed by atoms with E-state index >= 15 is 0 Å². The lowest BCUT2D eigenvalue weighted by Crippen LogP contribution is -2.17. The van der Waals surface area contributed by atoms with Crippen LogP contribution in [0.5, 0.6) is 11.5 Å². The molecule has 0 atom stereocenters. The molecule has 0 heterocycles. The van der Waals surface area contributed by atoms with Gasteiger partial charge in [-0.25, -0.2) is 0 Å². The first-order chi connectivity index (χ1) is 12.7. The van der Waals surface area contributed by atoms with Crippen LogP contribution in [0.1, 0.15) is 24.5 Å². The zero-order valence-electron chi connectivity index (χ0n) is 15.2. The Balaban J connectivity index is 2.03. The van der Waals surface area contributed by atoms with Crippen molar-refractivity contribution in [2.75, 3.05) is 26.9 Å². The van der Waals surface area contributed by atoms with Gasteiger partial charge in [-0.15, -0.1) is 0 Å². The summed E-state index contributed by atoms with van der Waals surface area (Å²) in [6.07, 6.45) is 0.962. The number of rotatable bonds is 11. The fourth-order valence-electron chi connectivity index (χ4n) is 2.51. The Morgan fingerprint density at radius 2 is 1.77 bits per heavy atom. The zero-order chi connectivity index (χ0) is 18.8. The van der Waals surface area contributed by atoms with Crippen molar-refractivity contribution >= 4 is 23.2 Å².